The third-order valence-electron chi connectivity index (χ3n) is 3.46. The first kappa shape index (κ1) is 11.6. The van der Waals surface area contributed by atoms with Gasteiger partial charge in [0.1, 0.15) is 10.6 Å². The Kier molecular flexibility index (Phi) is 3.64. The van der Waals surface area contributed by atoms with Gasteiger partial charge in [0, 0.05) is 5.92 Å². The largest absolute Gasteiger partial charge is 0.495 e. The standard InChI is InChI=1S/C13H18O2S/c1-9-3-5-10(6-4-9)12(14)13-11(15-2)7-8-16-13/h7-10H,3-6H2,1-2H3. The van der Waals surface area contributed by atoms with Crippen molar-refractivity contribution in [2.45, 2.75) is 32.6 Å². The number of methoxy groups -OCH3 is 1. The van der Waals surface area contributed by atoms with Crippen molar-refractivity contribution >= 4 is 17.1 Å². The maximum Gasteiger partial charge on any atom is 0.179 e. The molecule has 1 aliphatic rings. The van der Waals surface area contributed by atoms with E-state index in [1.54, 1.807) is 7.11 Å². The predicted molar refractivity (Wildman–Crippen MR) is 66.3 cm³/mol. The molecule has 0 unspecified atom stereocenters. The van der Waals surface area contributed by atoms with Gasteiger partial charge in [0.05, 0.1) is 7.11 Å². The van der Waals surface area contributed by atoms with Crippen LogP contribution in [0.15, 0.2) is 11.4 Å². The normalized spacial score (nSPS) is 25.4. The summed E-state index contributed by atoms with van der Waals surface area (Å²) in [7, 11) is 1.63. The Labute approximate surface area is 101 Å². The third-order valence-corrected chi connectivity index (χ3v) is 4.37. The Morgan fingerprint density at radius 3 is 2.69 bits per heavy atom. The van der Waals surface area contributed by atoms with E-state index in [2.05, 4.69) is 6.92 Å². The summed E-state index contributed by atoms with van der Waals surface area (Å²) in [5.41, 5.74) is 0. The second kappa shape index (κ2) is 5.00. The molecule has 0 bridgehead atoms. The first-order chi connectivity index (χ1) is 7.72. The van der Waals surface area contributed by atoms with E-state index >= 15 is 0 Å². The molecule has 0 aliphatic heterocycles. The zero-order valence-electron chi connectivity index (χ0n) is 9.86. The van der Waals surface area contributed by atoms with Crippen molar-refractivity contribution in [1.29, 1.82) is 0 Å². The summed E-state index contributed by atoms with van der Waals surface area (Å²) in [6.07, 6.45) is 4.45. The molecule has 2 rings (SSSR count). The number of thiophene rings is 1. The zero-order valence-corrected chi connectivity index (χ0v) is 10.7. The number of carbonyl (C=O) groups excluding carboxylic acids is 1. The Bertz CT molecular complexity index is 362. The third kappa shape index (κ3) is 2.29. The summed E-state index contributed by atoms with van der Waals surface area (Å²) in [6, 6.07) is 1.88. The Morgan fingerprint density at radius 1 is 1.38 bits per heavy atom. The van der Waals surface area contributed by atoms with Crippen molar-refractivity contribution < 1.29 is 9.53 Å². The summed E-state index contributed by atoms with van der Waals surface area (Å²) in [5.74, 6) is 2.05. The van der Waals surface area contributed by atoms with Gasteiger partial charge in [-0.2, -0.15) is 0 Å². The number of ether oxygens (including phenoxy) is 1. The fourth-order valence-corrected chi connectivity index (χ4v) is 3.22. The number of hydrogen-bond donors (Lipinski definition) is 0. The minimum Gasteiger partial charge on any atom is -0.495 e. The van der Waals surface area contributed by atoms with E-state index in [1.807, 2.05) is 11.4 Å². The van der Waals surface area contributed by atoms with Crippen molar-refractivity contribution in [1.82, 2.24) is 0 Å². The molecule has 2 nitrogen and oxygen atoms in total. The first-order valence-corrected chi connectivity index (χ1v) is 6.76. The Balaban J connectivity index is 2.07. The highest BCUT2D eigenvalue weighted by atomic mass is 32.1. The molecule has 16 heavy (non-hydrogen) atoms. The minimum absolute atomic E-state index is 0.226. The highest BCUT2D eigenvalue weighted by Gasteiger charge is 2.27. The van der Waals surface area contributed by atoms with Crippen molar-refractivity contribution in [3.05, 3.63) is 16.3 Å². The van der Waals surface area contributed by atoms with Crippen LogP contribution in [0, 0.1) is 11.8 Å². The van der Waals surface area contributed by atoms with Crippen molar-refractivity contribution in [2.24, 2.45) is 11.8 Å². The molecule has 0 radical (unpaired) electrons. The predicted octanol–water partition coefficient (Wildman–Crippen LogP) is 3.77. The van der Waals surface area contributed by atoms with Crippen LogP contribution in [-0.2, 0) is 0 Å². The van der Waals surface area contributed by atoms with Gasteiger partial charge < -0.3 is 4.74 Å². The van der Waals surface area contributed by atoms with Gasteiger partial charge in [-0.3, -0.25) is 4.79 Å². The van der Waals surface area contributed by atoms with E-state index in [-0.39, 0.29) is 5.92 Å². The van der Waals surface area contributed by atoms with Gasteiger partial charge >= 0.3 is 0 Å². The summed E-state index contributed by atoms with van der Waals surface area (Å²) in [4.78, 5) is 13.1. The number of carbonyl (C=O) groups is 1. The highest BCUT2D eigenvalue weighted by molar-refractivity contribution is 7.12. The number of hydrogen-bond acceptors (Lipinski definition) is 3. The molecule has 0 spiro atoms. The average molecular weight is 238 g/mol. The van der Waals surface area contributed by atoms with Crippen molar-refractivity contribution in [2.75, 3.05) is 7.11 Å². The van der Waals surface area contributed by atoms with E-state index in [4.69, 9.17) is 4.74 Å². The molecule has 0 N–H and O–H groups in total. The van der Waals surface area contributed by atoms with Crippen LogP contribution in [0.4, 0.5) is 0 Å². The van der Waals surface area contributed by atoms with Crippen LogP contribution in [0.3, 0.4) is 0 Å². The van der Waals surface area contributed by atoms with Crippen LogP contribution in [0.1, 0.15) is 42.3 Å². The zero-order chi connectivity index (χ0) is 11.5. The molecule has 1 saturated carbocycles. The van der Waals surface area contributed by atoms with Crippen LogP contribution >= 0.6 is 11.3 Å². The lowest BCUT2D eigenvalue weighted by Crippen LogP contribution is -2.20. The van der Waals surface area contributed by atoms with Crippen LogP contribution in [0.25, 0.3) is 0 Å². The quantitative estimate of drug-likeness (QED) is 0.749. The molecule has 1 aromatic heterocycles. The summed E-state index contributed by atoms with van der Waals surface area (Å²) < 4.78 is 5.21. The van der Waals surface area contributed by atoms with E-state index in [0.29, 0.717) is 5.78 Å². The molecular formula is C13H18O2S. The lowest BCUT2D eigenvalue weighted by molar-refractivity contribution is 0.0877. The molecule has 1 heterocycles. The molecule has 1 fully saturated rings. The molecule has 0 amide bonds. The number of Topliss-reactive ketones (excluding diaryl/α,β-unsaturated/α-hetero) is 1. The van der Waals surface area contributed by atoms with E-state index in [9.17, 15) is 4.79 Å². The summed E-state index contributed by atoms with van der Waals surface area (Å²) >= 11 is 1.50. The van der Waals surface area contributed by atoms with Gasteiger partial charge in [0.25, 0.3) is 0 Å². The topological polar surface area (TPSA) is 26.3 Å². The van der Waals surface area contributed by atoms with Gasteiger partial charge in [0.15, 0.2) is 5.78 Å². The Hall–Kier alpha value is -0.830. The molecular weight excluding hydrogens is 220 g/mol. The molecule has 88 valence electrons. The molecule has 1 aliphatic carbocycles. The maximum atomic E-state index is 12.3. The van der Waals surface area contributed by atoms with Crippen molar-refractivity contribution in [3.8, 4) is 5.75 Å². The SMILES string of the molecule is COc1ccsc1C(=O)C1CCC(C)CC1. The van der Waals surface area contributed by atoms with Gasteiger partial charge in [-0.1, -0.05) is 19.8 Å². The van der Waals surface area contributed by atoms with Gasteiger partial charge in [-0.25, -0.2) is 0 Å². The van der Waals surface area contributed by atoms with Gasteiger partial charge in [-0.05, 0) is 30.2 Å². The van der Waals surface area contributed by atoms with E-state index < -0.39 is 0 Å². The number of ketones is 1. The lowest BCUT2D eigenvalue weighted by Gasteiger charge is -2.24. The van der Waals surface area contributed by atoms with E-state index in [0.717, 1.165) is 29.4 Å². The van der Waals surface area contributed by atoms with Crippen LogP contribution in [0.5, 0.6) is 5.75 Å². The minimum atomic E-state index is 0.226. The smallest absolute Gasteiger partial charge is 0.179 e. The molecule has 0 saturated heterocycles. The lowest BCUT2D eigenvalue weighted by atomic mass is 9.80. The van der Waals surface area contributed by atoms with Gasteiger partial charge in [-0.15, -0.1) is 11.3 Å². The summed E-state index contributed by atoms with van der Waals surface area (Å²) in [5, 5.41) is 1.93. The van der Waals surface area contributed by atoms with Crippen LogP contribution < -0.4 is 4.74 Å². The first-order valence-electron chi connectivity index (χ1n) is 5.88. The fourth-order valence-electron chi connectivity index (χ4n) is 2.35. The molecule has 0 aromatic carbocycles. The van der Waals surface area contributed by atoms with Crippen LogP contribution in [0.2, 0.25) is 0 Å². The highest BCUT2D eigenvalue weighted by Crippen LogP contribution is 2.34. The van der Waals surface area contributed by atoms with Crippen LogP contribution in [-0.4, -0.2) is 12.9 Å². The second-order valence-corrected chi connectivity index (χ2v) is 5.56. The molecule has 3 heteroatoms. The molecule has 1 aromatic rings. The molecule has 0 atom stereocenters. The maximum absolute atomic E-state index is 12.3. The average Bonchev–Trinajstić information content (AvgIpc) is 2.77. The fraction of sp³-hybridized carbons (Fsp3) is 0.615. The van der Waals surface area contributed by atoms with E-state index in [1.165, 1.54) is 24.2 Å². The van der Waals surface area contributed by atoms with Crippen molar-refractivity contribution in [3.63, 3.8) is 0 Å². The summed E-state index contributed by atoms with van der Waals surface area (Å²) in [6.45, 7) is 2.27. The monoisotopic (exact) mass is 238 g/mol. The second-order valence-electron chi connectivity index (χ2n) is 4.64. The van der Waals surface area contributed by atoms with Gasteiger partial charge in [0.2, 0.25) is 0 Å². The number of rotatable bonds is 3. The Morgan fingerprint density at radius 2 is 2.06 bits per heavy atom.